The average molecular weight is 554 g/mol. The summed E-state index contributed by atoms with van der Waals surface area (Å²) < 4.78 is 42.8. The SMILES string of the molecule is CCC1CCC2(CCN(c3cc(-c4c(F)cnn4C)nc4c3CC(CCC(F)F)N=C4c3ccn[nH]3)CC2)C1=O. The summed E-state index contributed by atoms with van der Waals surface area (Å²) in [5.41, 5.74) is 3.98. The Morgan fingerprint density at radius 2 is 2.02 bits per heavy atom. The molecule has 40 heavy (non-hydrogen) atoms. The van der Waals surface area contributed by atoms with Crippen molar-refractivity contribution < 1.29 is 18.0 Å². The largest absolute Gasteiger partial charge is 0.371 e. The van der Waals surface area contributed by atoms with E-state index in [-0.39, 0.29) is 35.9 Å². The van der Waals surface area contributed by atoms with Gasteiger partial charge in [-0.1, -0.05) is 6.92 Å². The van der Waals surface area contributed by atoms with E-state index in [1.807, 2.05) is 6.07 Å². The van der Waals surface area contributed by atoms with Gasteiger partial charge in [-0.15, -0.1) is 0 Å². The monoisotopic (exact) mass is 553 g/mol. The molecule has 1 saturated carbocycles. The number of carbonyl (C=O) groups is 1. The van der Waals surface area contributed by atoms with Gasteiger partial charge in [-0.05, 0) is 57.1 Å². The van der Waals surface area contributed by atoms with Crippen LogP contribution in [0.3, 0.4) is 0 Å². The number of fused-ring (bicyclic) bond motifs is 1. The molecule has 3 aromatic rings. The summed E-state index contributed by atoms with van der Waals surface area (Å²) in [7, 11) is 1.67. The molecule has 0 radical (unpaired) electrons. The highest BCUT2D eigenvalue weighted by Crippen LogP contribution is 2.48. The summed E-state index contributed by atoms with van der Waals surface area (Å²) in [6, 6.07) is 3.32. The maximum atomic E-state index is 14.9. The van der Waals surface area contributed by atoms with Crippen molar-refractivity contribution in [1.29, 1.82) is 0 Å². The van der Waals surface area contributed by atoms with E-state index in [0.29, 0.717) is 48.1 Å². The summed E-state index contributed by atoms with van der Waals surface area (Å²) in [4.78, 5) is 25.3. The molecule has 3 aromatic heterocycles. The van der Waals surface area contributed by atoms with Gasteiger partial charge >= 0.3 is 0 Å². The Hall–Kier alpha value is -3.50. The lowest BCUT2D eigenvalue weighted by Crippen LogP contribution is -2.43. The van der Waals surface area contributed by atoms with Crippen LogP contribution in [-0.2, 0) is 18.3 Å². The molecule has 2 aliphatic heterocycles. The van der Waals surface area contributed by atoms with Crippen molar-refractivity contribution >= 4 is 17.2 Å². The summed E-state index contributed by atoms with van der Waals surface area (Å²) in [5, 5.41) is 11.1. The Labute approximate surface area is 231 Å². The Morgan fingerprint density at radius 3 is 2.65 bits per heavy atom. The summed E-state index contributed by atoms with van der Waals surface area (Å²) in [6.45, 7) is 3.46. The van der Waals surface area contributed by atoms with E-state index in [9.17, 15) is 18.0 Å². The minimum Gasteiger partial charge on any atom is -0.371 e. The Bertz CT molecular complexity index is 1400. The Morgan fingerprint density at radius 1 is 1.23 bits per heavy atom. The van der Waals surface area contributed by atoms with E-state index in [1.54, 1.807) is 19.3 Å². The number of hydrogen-bond donors (Lipinski definition) is 1. The second kappa shape index (κ2) is 10.5. The average Bonchev–Trinajstić information content (AvgIpc) is 3.68. The smallest absolute Gasteiger partial charge is 0.238 e. The van der Waals surface area contributed by atoms with Crippen LogP contribution in [0.15, 0.2) is 29.5 Å². The van der Waals surface area contributed by atoms with Crippen LogP contribution in [0, 0.1) is 17.2 Å². The van der Waals surface area contributed by atoms with Gasteiger partial charge in [0.1, 0.15) is 17.2 Å². The number of rotatable bonds is 7. The van der Waals surface area contributed by atoms with Gasteiger partial charge in [0.15, 0.2) is 5.82 Å². The lowest BCUT2D eigenvalue weighted by atomic mass is 9.75. The first-order valence-electron chi connectivity index (χ1n) is 14.2. The van der Waals surface area contributed by atoms with Crippen LogP contribution in [0.2, 0.25) is 0 Å². The van der Waals surface area contributed by atoms with Crippen LogP contribution in [0.25, 0.3) is 11.4 Å². The van der Waals surface area contributed by atoms with E-state index in [1.165, 1.54) is 10.9 Å². The van der Waals surface area contributed by atoms with Gasteiger partial charge in [-0.25, -0.2) is 18.2 Å². The molecule has 2 fully saturated rings. The molecular formula is C29H34F3N7O. The van der Waals surface area contributed by atoms with Gasteiger partial charge in [0, 0.05) is 55.3 Å². The number of hydrogen-bond acceptors (Lipinski definition) is 6. The van der Waals surface area contributed by atoms with Crippen molar-refractivity contribution in [3.05, 3.63) is 47.3 Å². The number of alkyl halides is 2. The third-order valence-corrected chi connectivity index (χ3v) is 9.11. The zero-order valence-corrected chi connectivity index (χ0v) is 22.8. The van der Waals surface area contributed by atoms with Gasteiger partial charge in [0.05, 0.1) is 29.3 Å². The second-order valence-corrected chi connectivity index (χ2v) is 11.4. The molecule has 212 valence electrons. The number of carbonyl (C=O) groups excluding carboxylic acids is 1. The van der Waals surface area contributed by atoms with E-state index in [2.05, 4.69) is 27.1 Å². The van der Waals surface area contributed by atoms with E-state index < -0.39 is 12.2 Å². The molecule has 0 amide bonds. The molecule has 1 N–H and O–H groups in total. The van der Waals surface area contributed by atoms with Gasteiger partial charge in [-0.3, -0.25) is 19.6 Å². The predicted molar refractivity (Wildman–Crippen MR) is 145 cm³/mol. The minimum absolute atomic E-state index is 0.156. The van der Waals surface area contributed by atoms with E-state index in [4.69, 9.17) is 9.98 Å². The highest BCUT2D eigenvalue weighted by molar-refractivity contribution is 6.13. The minimum atomic E-state index is -2.41. The summed E-state index contributed by atoms with van der Waals surface area (Å²) in [5.74, 6) is 0.0829. The van der Waals surface area contributed by atoms with Crippen molar-refractivity contribution in [1.82, 2.24) is 25.0 Å². The van der Waals surface area contributed by atoms with Gasteiger partial charge in [-0.2, -0.15) is 10.2 Å². The molecule has 6 rings (SSSR count). The maximum absolute atomic E-state index is 14.9. The molecule has 2 unspecified atom stereocenters. The lowest BCUT2D eigenvalue weighted by molar-refractivity contribution is -0.130. The number of aryl methyl sites for hydroxylation is 1. The number of piperidine rings is 1. The lowest BCUT2D eigenvalue weighted by Gasteiger charge is -2.41. The van der Waals surface area contributed by atoms with Crippen LogP contribution in [0.1, 0.15) is 68.8 Å². The highest BCUT2D eigenvalue weighted by atomic mass is 19.3. The fourth-order valence-corrected chi connectivity index (χ4v) is 6.85. The molecule has 0 bridgehead atoms. The van der Waals surface area contributed by atoms with E-state index >= 15 is 0 Å². The quantitative estimate of drug-likeness (QED) is 0.438. The standard InChI is InChI=1S/C29H34F3N7O/c1-3-17-6-8-29(28(17)40)9-12-39(13-10-29)23-15-22(27-20(30)16-34-38(27)2)36-25-19(23)14-18(4-5-24(31)32)35-26(25)21-7-11-33-37-21/h7,11,15-18,24H,3-6,8-10,12-14H2,1-2H3,(H,33,37). The number of pyridine rings is 1. The number of aromatic amines is 1. The molecule has 1 aliphatic carbocycles. The molecule has 1 saturated heterocycles. The van der Waals surface area contributed by atoms with Gasteiger partial charge < -0.3 is 4.90 Å². The molecule has 8 nitrogen and oxygen atoms in total. The molecule has 5 heterocycles. The maximum Gasteiger partial charge on any atom is 0.238 e. The number of nitrogens with one attached hydrogen (secondary N) is 1. The van der Waals surface area contributed by atoms with Crippen LogP contribution in [0.4, 0.5) is 18.9 Å². The molecular weight excluding hydrogens is 519 g/mol. The molecule has 3 aliphatic rings. The number of anilines is 1. The first-order valence-corrected chi connectivity index (χ1v) is 14.2. The number of ketones is 1. The van der Waals surface area contributed by atoms with Crippen molar-refractivity contribution in [3.8, 4) is 11.4 Å². The summed E-state index contributed by atoms with van der Waals surface area (Å²) in [6.07, 6.45) is 5.14. The Balaban J connectivity index is 1.43. The van der Waals surface area contributed by atoms with Crippen LogP contribution in [-0.4, -0.2) is 62.0 Å². The van der Waals surface area contributed by atoms with Crippen LogP contribution < -0.4 is 4.90 Å². The van der Waals surface area contributed by atoms with Crippen LogP contribution in [0.5, 0.6) is 0 Å². The number of nitrogens with zero attached hydrogens (tertiary/aromatic N) is 6. The van der Waals surface area contributed by atoms with Crippen molar-refractivity contribution in [3.63, 3.8) is 0 Å². The number of aromatic nitrogens is 5. The third-order valence-electron chi connectivity index (χ3n) is 9.11. The fraction of sp³-hybridized carbons (Fsp3) is 0.552. The van der Waals surface area contributed by atoms with Crippen molar-refractivity contribution in [2.24, 2.45) is 23.4 Å². The van der Waals surface area contributed by atoms with Gasteiger partial charge in [0.25, 0.3) is 0 Å². The third kappa shape index (κ3) is 4.62. The van der Waals surface area contributed by atoms with Crippen LogP contribution >= 0.6 is 0 Å². The van der Waals surface area contributed by atoms with Gasteiger partial charge in [0.2, 0.25) is 6.43 Å². The highest BCUT2D eigenvalue weighted by Gasteiger charge is 2.48. The second-order valence-electron chi connectivity index (χ2n) is 11.4. The zero-order chi connectivity index (χ0) is 28.0. The first kappa shape index (κ1) is 26.7. The zero-order valence-electron chi connectivity index (χ0n) is 22.8. The fourth-order valence-electron chi connectivity index (χ4n) is 6.85. The van der Waals surface area contributed by atoms with E-state index in [0.717, 1.165) is 43.4 Å². The summed E-state index contributed by atoms with van der Waals surface area (Å²) >= 11 is 0. The predicted octanol–water partition coefficient (Wildman–Crippen LogP) is 5.13. The van der Waals surface area contributed by atoms with Crippen molar-refractivity contribution in [2.45, 2.75) is 70.8 Å². The molecule has 2 atom stereocenters. The van der Waals surface area contributed by atoms with Crippen molar-refractivity contribution in [2.75, 3.05) is 18.0 Å². The molecule has 1 spiro atoms. The first-order chi connectivity index (χ1) is 19.3. The number of H-pyrrole nitrogens is 1. The normalized spacial score (nSPS) is 22.3. The number of halogens is 3. The number of aliphatic imine (C=N–C) groups is 1. The number of Topliss-reactive ketones (excluding diaryl/α,β-unsaturated/α-hetero) is 1. The topological polar surface area (TPSA) is 92.1 Å². The molecule has 0 aromatic carbocycles. The Kier molecular flexibility index (Phi) is 7.00. The molecule has 11 heteroatoms.